The Bertz CT molecular complexity index is 474. The first-order chi connectivity index (χ1) is 9.28. The van der Waals surface area contributed by atoms with E-state index in [-0.39, 0.29) is 17.4 Å². The molecule has 5 heteroatoms. The van der Waals surface area contributed by atoms with Crippen LogP contribution in [0.15, 0.2) is 0 Å². The fourth-order valence-electron chi connectivity index (χ4n) is 3.02. The van der Waals surface area contributed by atoms with E-state index in [1.54, 1.807) is 0 Å². The van der Waals surface area contributed by atoms with Crippen LogP contribution in [0, 0.1) is 19.3 Å². The number of hydrogen-bond donors (Lipinski definition) is 2. The maximum atomic E-state index is 12.5. The number of nitrogens with one attached hydrogen (secondary N) is 1. The number of rotatable bonds is 2. The molecular weight excluding hydrogens is 254 g/mol. The zero-order chi connectivity index (χ0) is 14.9. The van der Waals surface area contributed by atoms with E-state index in [4.69, 9.17) is 0 Å². The Hall–Kier alpha value is -1.36. The number of aliphatic hydroxyl groups is 1. The van der Waals surface area contributed by atoms with Crippen molar-refractivity contribution in [2.24, 2.45) is 5.41 Å². The van der Waals surface area contributed by atoms with Gasteiger partial charge in [-0.15, -0.1) is 0 Å². The summed E-state index contributed by atoms with van der Waals surface area (Å²) in [5.74, 6) is 0.125. The van der Waals surface area contributed by atoms with Crippen molar-refractivity contribution in [1.82, 2.24) is 15.1 Å². The Morgan fingerprint density at radius 1 is 1.50 bits per heavy atom. The number of aromatic amines is 1. The van der Waals surface area contributed by atoms with Crippen molar-refractivity contribution in [2.45, 2.75) is 53.1 Å². The molecule has 0 aromatic carbocycles. The Balaban J connectivity index is 2.09. The van der Waals surface area contributed by atoms with Gasteiger partial charge in [0.2, 0.25) is 5.91 Å². The highest BCUT2D eigenvalue weighted by molar-refractivity contribution is 5.79. The molecule has 0 spiro atoms. The van der Waals surface area contributed by atoms with E-state index in [0.29, 0.717) is 25.9 Å². The second-order valence-corrected chi connectivity index (χ2v) is 6.72. The Morgan fingerprint density at radius 2 is 2.20 bits per heavy atom. The maximum absolute atomic E-state index is 12.5. The molecule has 0 radical (unpaired) electrons. The average molecular weight is 279 g/mol. The van der Waals surface area contributed by atoms with Crippen LogP contribution in [-0.4, -0.2) is 45.3 Å². The van der Waals surface area contributed by atoms with Crippen LogP contribution in [0.25, 0.3) is 0 Å². The number of nitrogens with zero attached hydrogens (tertiary/aromatic N) is 2. The van der Waals surface area contributed by atoms with Gasteiger partial charge in [0.15, 0.2) is 0 Å². The SMILES string of the molecule is Cc1n[nH]c(C)c1CC(=O)N1CCC(O)CC(C)(C)C1. The highest BCUT2D eigenvalue weighted by Crippen LogP contribution is 2.28. The second kappa shape index (κ2) is 5.56. The minimum Gasteiger partial charge on any atom is -0.393 e. The summed E-state index contributed by atoms with van der Waals surface area (Å²) >= 11 is 0. The third-order valence-corrected chi connectivity index (χ3v) is 4.10. The molecule has 1 amide bonds. The maximum Gasteiger partial charge on any atom is 0.227 e. The van der Waals surface area contributed by atoms with Crippen molar-refractivity contribution in [2.75, 3.05) is 13.1 Å². The van der Waals surface area contributed by atoms with Crippen molar-refractivity contribution in [1.29, 1.82) is 0 Å². The lowest BCUT2D eigenvalue weighted by Gasteiger charge is -2.29. The predicted molar refractivity (Wildman–Crippen MR) is 77.4 cm³/mol. The standard InChI is InChI=1S/C15H25N3O2/c1-10-13(11(2)17-16-10)7-14(20)18-6-5-12(19)8-15(3,4)9-18/h12,19H,5-9H2,1-4H3,(H,16,17). The number of carbonyl (C=O) groups is 1. The van der Waals surface area contributed by atoms with Gasteiger partial charge in [-0.25, -0.2) is 0 Å². The van der Waals surface area contributed by atoms with E-state index in [0.717, 1.165) is 23.4 Å². The largest absolute Gasteiger partial charge is 0.393 e. The Kier molecular flexibility index (Phi) is 4.18. The molecule has 1 fully saturated rings. The minimum atomic E-state index is -0.305. The van der Waals surface area contributed by atoms with Crippen LogP contribution in [0.1, 0.15) is 43.6 Å². The number of aliphatic hydroxyl groups excluding tert-OH is 1. The van der Waals surface area contributed by atoms with E-state index in [2.05, 4.69) is 24.0 Å². The molecule has 1 unspecified atom stereocenters. The van der Waals surface area contributed by atoms with Crippen LogP contribution >= 0.6 is 0 Å². The smallest absolute Gasteiger partial charge is 0.227 e. The second-order valence-electron chi connectivity index (χ2n) is 6.72. The van der Waals surface area contributed by atoms with Gasteiger partial charge in [0.25, 0.3) is 0 Å². The normalized spacial score (nSPS) is 22.6. The fraction of sp³-hybridized carbons (Fsp3) is 0.733. The van der Waals surface area contributed by atoms with Gasteiger partial charge in [0, 0.05) is 24.3 Å². The molecule has 2 rings (SSSR count). The minimum absolute atomic E-state index is 0.0357. The monoisotopic (exact) mass is 279 g/mol. The number of likely N-dealkylation sites (tertiary alicyclic amines) is 1. The quantitative estimate of drug-likeness (QED) is 0.863. The van der Waals surface area contributed by atoms with E-state index in [1.165, 1.54) is 0 Å². The number of aromatic nitrogens is 2. The third kappa shape index (κ3) is 3.39. The van der Waals surface area contributed by atoms with Gasteiger partial charge in [-0.05, 0) is 32.1 Å². The number of carbonyl (C=O) groups excluding carboxylic acids is 1. The molecule has 0 bridgehead atoms. The molecule has 1 saturated heterocycles. The Morgan fingerprint density at radius 3 is 2.80 bits per heavy atom. The topological polar surface area (TPSA) is 69.2 Å². The van der Waals surface area contributed by atoms with Crippen LogP contribution in [-0.2, 0) is 11.2 Å². The molecule has 1 atom stereocenters. The average Bonchev–Trinajstić information content (AvgIpc) is 2.57. The lowest BCUT2D eigenvalue weighted by Crippen LogP contribution is -2.38. The molecule has 5 nitrogen and oxygen atoms in total. The number of H-pyrrole nitrogens is 1. The lowest BCUT2D eigenvalue weighted by atomic mass is 9.87. The summed E-state index contributed by atoms with van der Waals surface area (Å²) in [5, 5.41) is 17.0. The molecule has 0 saturated carbocycles. The van der Waals surface area contributed by atoms with Crippen LogP contribution in [0.5, 0.6) is 0 Å². The van der Waals surface area contributed by atoms with Crippen LogP contribution < -0.4 is 0 Å². The lowest BCUT2D eigenvalue weighted by molar-refractivity contribution is -0.131. The molecule has 2 heterocycles. The molecule has 112 valence electrons. The van der Waals surface area contributed by atoms with Crippen molar-refractivity contribution in [3.8, 4) is 0 Å². The number of aryl methyl sites for hydroxylation is 2. The molecule has 1 aliphatic rings. The van der Waals surface area contributed by atoms with E-state index < -0.39 is 0 Å². The fourth-order valence-corrected chi connectivity index (χ4v) is 3.02. The van der Waals surface area contributed by atoms with Crippen molar-refractivity contribution in [3.63, 3.8) is 0 Å². The van der Waals surface area contributed by atoms with Gasteiger partial charge in [0.05, 0.1) is 18.2 Å². The van der Waals surface area contributed by atoms with Crippen molar-refractivity contribution >= 4 is 5.91 Å². The van der Waals surface area contributed by atoms with E-state index in [9.17, 15) is 9.90 Å². The van der Waals surface area contributed by atoms with E-state index in [1.807, 2.05) is 18.7 Å². The molecular formula is C15H25N3O2. The van der Waals surface area contributed by atoms with Crippen LogP contribution in [0.2, 0.25) is 0 Å². The number of hydrogen-bond acceptors (Lipinski definition) is 3. The summed E-state index contributed by atoms with van der Waals surface area (Å²) in [6, 6.07) is 0. The summed E-state index contributed by atoms with van der Waals surface area (Å²) in [6.07, 6.45) is 1.50. The summed E-state index contributed by atoms with van der Waals surface area (Å²) in [5.41, 5.74) is 2.82. The van der Waals surface area contributed by atoms with E-state index >= 15 is 0 Å². The van der Waals surface area contributed by atoms with Gasteiger partial charge < -0.3 is 10.0 Å². The zero-order valence-electron chi connectivity index (χ0n) is 12.9. The van der Waals surface area contributed by atoms with Crippen LogP contribution in [0.4, 0.5) is 0 Å². The first-order valence-corrected chi connectivity index (χ1v) is 7.25. The number of amides is 1. The summed E-state index contributed by atoms with van der Waals surface area (Å²) in [4.78, 5) is 14.4. The third-order valence-electron chi connectivity index (χ3n) is 4.10. The molecule has 2 N–H and O–H groups in total. The van der Waals surface area contributed by atoms with Gasteiger partial charge in [-0.1, -0.05) is 13.8 Å². The van der Waals surface area contributed by atoms with Crippen molar-refractivity contribution in [3.05, 3.63) is 17.0 Å². The van der Waals surface area contributed by atoms with Gasteiger partial charge >= 0.3 is 0 Å². The van der Waals surface area contributed by atoms with Crippen molar-refractivity contribution < 1.29 is 9.90 Å². The molecule has 1 aromatic heterocycles. The summed E-state index contributed by atoms with van der Waals surface area (Å²) in [7, 11) is 0. The molecule has 20 heavy (non-hydrogen) atoms. The Labute approximate surface area is 120 Å². The highest BCUT2D eigenvalue weighted by atomic mass is 16.3. The van der Waals surface area contributed by atoms with Gasteiger partial charge in [-0.3, -0.25) is 9.89 Å². The molecule has 1 aromatic rings. The molecule has 1 aliphatic heterocycles. The van der Waals surface area contributed by atoms with Crippen LogP contribution in [0.3, 0.4) is 0 Å². The predicted octanol–water partition coefficient (Wildman–Crippen LogP) is 1.58. The zero-order valence-corrected chi connectivity index (χ0v) is 12.9. The first kappa shape index (κ1) is 15.0. The highest BCUT2D eigenvalue weighted by Gasteiger charge is 2.31. The van der Waals surface area contributed by atoms with Gasteiger partial charge in [0.1, 0.15) is 0 Å². The first-order valence-electron chi connectivity index (χ1n) is 7.25. The molecule has 0 aliphatic carbocycles. The summed E-state index contributed by atoms with van der Waals surface area (Å²) in [6.45, 7) is 9.42. The van der Waals surface area contributed by atoms with Gasteiger partial charge in [-0.2, -0.15) is 5.10 Å². The summed E-state index contributed by atoms with van der Waals surface area (Å²) < 4.78 is 0.